The van der Waals surface area contributed by atoms with E-state index in [9.17, 15) is 5.11 Å². The summed E-state index contributed by atoms with van der Waals surface area (Å²) in [6.07, 6.45) is -0.560. The van der Waals surface area contributed by atoms with Gasteiger partial charge in [0, 0.05) is 37.3 Å². The van der Waals surface area contributed by atoms with Crippen LogP contribution in [0.1, 0.15) is 12.5 Å². The fraction of sp³-hybridized carbons (Fsp3) is 0.571. The van der Waals surface area contributed by atoms with Crippen molar-refractivity contribution in [3.05, 3.63) is 22.7 Å². The van der Waals surface area contributed by atoms with Crippen molar-refractivity contribution in [3.63, 3.8) is 0 Å². The number of nitrogens with zero attached hydrogens (tertiary/aromatic N) is 1. The van der Waals surface area contributed by atoms with Crippen LogP contribution < -0.4 is 9.47 Å². The van der Waals surface area contributed by atoms with Crippen LogP contribution in [0.25, 0.3) is 0 Å². The van der Waals surface area contributed by atoms with Gasteiger partial charge in [-0.1, -0.05) is 11.6 Å². The molecule has 3 rings (SSSR count). The summed E-state index contributed by atoms with van der Waals surface area (Å²) < 4.78 is 16.2. The first-order valence-corrected chi connectivity index (χ1v) is 7.15. The van der Waals surface area contributed by atoms with Crippen molar-refractivity contribution in [3.8, 4) is 11.5 Å². The largest absolute Gasteiger partial charge is 0.454 e. The highest BCUT2D eigenvalue weighted by molar-refractivity contribution is 6.31. The summed E-state index contributed by atoms with van der Waals surface area (Å²) in [5.74, 6) is 1.41. The molecule has 2 aliphatic heterocycles. The number of rotatable bonds is 4. The van der Waals surface area contributed by atoms with E-state index in [0.717, 1.165) is 11.3 Å². The number of fused-ring (bicyclic) bond motifs is 1. The molecule has 0 aliphatic carbocycles. The molecule has 0 aromatic heterocycles. The minimum Gasteiger partial charge on any atom is -0.454 e. The number of aliphatic hydroxyl groups is 1. The van der Waals surface area contributed by atoms with Crippen molar-refractivity contribution in [2.75, 3.05) is 26.5 Å². The van der Waals surface area contributed by atoms with Crippen LogP contribution in [0, 0.1) is 0 Å². The van der Waals surface area contributed by atoms with Gasteiger partial charge in [0.2, 0.25) is 6.79 Å². The highest BCUT2D eigenvalue weighted by atomic mass is 35.5. The summed E-state index contributed by atoms with van der Waals surface area (Å²) in [4.78, 5) is 2.13. The van der Waals surface area contributed by atoms with Crippen LogP contribution >= 0.6 is 11.6 Å². The maximum atomic E-state index is 9.95. The molecule has 0 bridgehead atoms. The van der Waals surface area contributed by atoms with Gasteiger partial charge in [-0.3, -0.25) is 4.90 Å². The van der Waals surface area contributed by atoms with Crippen LogP contribution in [-0.2, 0) is 11.3 Å². The number of β-amino-alcohol motifs (C(OH)–C–C–N with tert-alkyl or cyclic N) is 1. The van der Waals surface area contributed by atoms with Gasteiger partial charge in [0.25, 0.3) is 0 Å². The van der Waals surface area contributed by atoms with Crippen molar-refractivity contribution in [2.24, 2.45) is 0 Å². The van der Waals surface area contributed by atoms with E-state index in [2.05, 4.69) is 4.90 Å². The molecule has 2 aliphatic rings. The molecule has 1 fully saturated rings. The van der Waals surface area contributed by atoms with Crippen LogP contribution in [0.15, 0.2) is 12.1 Å². The second kappa shape index (κ2) is 5.77. The average Bonchev–Trinajstić information content (AvgIpc) is 2.98. The lowest BCUT2D eigenvalue weighted by molar-refractivity contribution is -0.00245. The molecule has 1 N–H and O–H groups in total. The Kier molecular flexibility index (Phi) is 4.03. The molecule has 1 saturated heterocycles. The zero-order chi connectivity index (χ0) is 14.1. The molecule has 2 heterocycles. The highest BCUT2D eigenvalue weighted by Gasteiger charge is 2.32. The van der Waals surface area contributed by atoms with Crippen molar-refractivity contribution in [1.29, 1.82) is 0 Å². The maximum Gasteiger partial charge on any atom is 0.231 e. The number of hydrogen-bond donors (Lipinski definition) is 1. The molecule has 5 nitrogen and oxygen atoms in total. The smallest absolute Gasteiger partial charge is 0.231 e. The van der Waals surface area contributed by atoms with Gasteiger partial charge < -0.3 is 19.3 Å². The van der Waals surface area contributed by atoms with Crippen molar-refractivity contribution < 1.29 is 19.3 Å². The maximum absolute atomic E-state index is 9.95. The first-order valence-electron chi connectivity index (χ1n) is 6.77. The second-order valence-electron chi connectivity index (χ2n) is 5.05. The zero-order valence-electron chi connectivity index (χ0n) is 11.3. The first kappa shape index (κ1) is 13.9. The van der Waals surface area contributed by atoms with Crippen LogP contribution in [0.3, 0.4) is 0 Å². The summed E-state index contributed by atoms with van der Waals surface area (Å²) in [5.41, 5.74) is 0.972. The lowest BCUT2D eigenvalue weighted by Crippen LogP contribution is -2.26. The Morgan fingerprint density at radius 2 is 2.10 bits per heavy atom. The third kappa shape index (κ3) is 2.72. The van der Waals surface area contributed by atoms with Crippen LogP contribution in [0.5, 0.6) is 11.5 Å². The Labute approximate surface area is 123 Å². The molecular formula is C14H18ClNO4. The molecule has 1 aromatic rings. The van der Waals surface area contributed by atoms with Gasteiger partial charge in [0.1, 0.15) is 0 Å². The Bertz CT molecular complexity index is 496. The molecule has 0 spiro atoms. The van der Waals surface area contributed by atoms with E-state index in [1.807, 2.05) is 13.0 Å². The second-order valence-corrected chi connectivity index (χ2v) is 5.46. The minimum absolute atomic E-state index is 0.118. The predicted octanol–water partition coefficient (Wildman–Crippen LogP) is 1.65. The number of hydrogen-bond acceptors (Lipinski definition) is 5. The number of likely N-dealkylation sites (tertiary alicyclic amines) is 1. The van der Waals surface area contributed by atoms with Gasteiger partial charge in [-0.05, 0) is 18.6 Å². The fourth-order valence-corrected chi connectivity index (χ4v) is 2.87. The fourth-order valence-electron chi connectivity index (χ4n) is 2.66. The summed E-state index contributed by atoms with van der Waals surface area (Å²) in [6.45, 7) is 4.75. The van der Waals surface area contributed by atoms with Crippen LogP contribution in [-0.4, -0.2) is 48.7 Å². The van der Waals surface area contributed by atoms with E-state index in [1.165, 1.54) is 0 Å². The molecule has 2 atom stereocenters. The third-order valence-electron chi connectivity index (χ3n) is 3.63. The van der Waals surface area contributed by atoms with Crippen LogP contribution in [0.4, 0.5) is 0 Å². The van der Waals surface area contributed by atoms with Crippen molar-refractivity contribution in [2.45, 2.75) is 25.7 Å². The Balaban J connectivity index is 1.70. The Morgan fingerprint density at radius 1 is 1.35 bits per heavy atom. The van der Waals surface area contributed by atoms with E-state index in [4.69, 9.17) is 25.8 Å². The van der Waals surface area contributed by atoms with E-state index in [0.29, 0.717) is 37.0 Å². The standard InChI is InChI=1S/C14H18ClNO4/c1-2-18-14-7-16(6-11(14)17)5-9-3-12-13(4-10(9)15)20-8-19-12/h3-4,11,14,17H,2,5-8H2,1H3. The number of ether oxygens (including phenoxy) is 3. The van der Waals surface area contributed by atoms with Gasteiger partial charge in [-0.2, -0.15) is 0 Å². The van der Waals surface area contributed by atoms with Gasteiger partial charge in [-0.15, -0.1) is 0 Å². The molecule has 6 heteroatoms. The predicted molar refractivity (Wildman–Crippen MR) is 74.3 cm³/mol. The SMILES string of the molecule is CCOC1CN(Cc2cc3c(cc2Cl)OCO3)CC1O. The van der Waals surface area contributed by atoms with E-state index in [-0.39, 0.29) is 12.9 Å². The van der Waals surface area contributed by atoms with E-state index < -0.39 is 6.10 Å². The van der Waals surface area contributed by atoms with Crippen molar-refractivity contribution >= 4 is 11.6 Å². The quantitative estimate of drug-likeness (QED) is 0.916. The minimum atomic E-state index is -0.442. The third-order valence-corrected chi connectivity index (χ3v) is 3.98. The van der Waals surface area contributed by atoms with Crippen molar-refractivity contribution in [1.82, 2.24) is 4.90 Å². The summed E-state index contributed by atoms with van der Waals surface area (Å²) in [6, 6.07) is 3.69. The molecule has 110 valence electrons. The van der Waals surface area contributed by atoms with Gasteiger partial charge in [-0.25, -0.2) is 0 Å². The molecule has 2 unspecified atom stereocenters. The van der Waals surface area contributed by atoms with Crippen LogP contribution in [0.2, 0.25) is 5.02 Å². The first-order chi connectivity index (χ1) is 9.67. The van der Waals surface area contributed by atoms with E-state index >= 15 is 0 Å². The van der Waals surface area contributed by atoms with Gasteiger partial charge >= 0.3 is 0 Å². The number of aliphatic hydroxyl groups excluding tert-OH is 1. The molecule has 1 aromatic carbocycles. The monoisotopic (exact) mass is 299 g/mol. The highest BCUT2D eigenvalue weighted by Crippen LogP contribution is 2.37. The molecular weight excluding hydrogens is 282 g/mol. The lowest BCUT2D eigenvalue weighted by Gasteiger charge is -2.16. The molecule has 0 saturated carbocycles. The molecule has 0 radical (unpaired) electrons. The number of benzene rings is 1. The Morgan fingerprint density at radius 3 is 2.85 bits per heavy atom. The van der Waals surface area contributed by atoms with Gasteiger partial charge in [0.15, 0.2) is 11.5 Å². The summed E-state index contributed by atoms with van der Waals surface area (Å²) >= 11 is 6.26. The average molecular weight is 300 g/mol. The van der Waals surface area contributed by atoms with Gasteiger partial charge in [0.05, 0.1) is 12.2 Å². The summed E-state index contributed by atoms with van der Waals surface area (Å²) in [5, 5.41) is 10.6. The topological polar surface area (TPSA) is 51.2 Å². The zero-order valence-corrected chi connectivity index (χ0v) is 12.1. The normalized spacial score (nSPS) is 25.4. The van der Waals surface area contributed by atoms with E-state index in [1.54, 1.807) is 6.07 Å². The lowest BCUT2D eigenvalue weighted by atomic mass is 10.2. The number of halogens is 1. The summed E-state index contributed by atoms with van der Waals surface area (Å²) in [7, 11) is 0. The molecule has 20 heavy (non-hydrogen) atoms. The molecule has 0 amide bonds. The Hall–Kier alpha value is -1.01.